The number of halogens is 2. The number of hydrogen-bond acceptors (Lipinski definition) is 3. The zero-order valence-electron chi connectivity index (χ0n) is 30.6. The Bertz CT molecular complexity index is 1480. The minimum absolute atomic E-state index is 0.611. The fraction of sp³-hybridized carbons (Fsp3) is 0.659. The Labute approximate surface area is 301 Å². The number of hydrogen-bond donors (Lipinski definition) is 0. The molecule has 1 aliphatic heterocycles. The van der Waals surface area contributed by atoms with E-state index in [1.54, 1.807) is 0 Å². The summed E-state index contributed by atoms with van der Waals surface area (Å²) in [6.07, 6.45) is 21.0. The molecule has 48 heavy (non-hydrogen) atoms. The Balaban J connectivity index is 1.81. The first kappa shape index (κ1) is 37.1. The Hall–Kier alpha value is -0.627. The van der Waals surface area contributed by atoms with Crippen molar-refractivity contribution in [2.24, 2.45) is 0 Å². The van der Waals surface area contributed by atoms with Gasteiger partial charge >= 0.3 is 303 Å². The van der Waals surface area contributed by atoms with Crippen LogP contribution in [0.15, 0.2) is 36.4 Å². The quantitative estimate of drug-likeness (QED) is 0.195. The normalized spacial score (nSPS) is 22.4. The van der Waals surface area contributed by atoms with Crippen molar-refractivity contribution >= 4 is 45.5 Å². The van der Waals surface area contributed by atoms with E-state index >= 15 is 0 Å². The third kappa shape index (κ3) is 6.71. The number of nitrogens with zero attached hydrogens (tertiary/aromatic N) is 2. The van der Waals surface area contributed by atoms with Crippen molar-refractivity contribution in [1.82, 2.24) is 0 Å². The van der Waals surface area contributed by atoms with Crippen LogP contribution in [-0.4, -0.2) is 45.8 Å². The van der Waals surface area contributed by atoms with Crippen LogP contribution in [0.5, 0.6) is 0 Å². The van der Waals surface area contributed by atoms with Crippen LogP contribution in [-0.2, 0) is 15.0 Å². The molecule has 1 saturated heterocycles. The van der Waals surface area contributed by atoms with E-state index in [1.807, 2.05) is 0 Å². The Morgan fingerprint density at radius 1 is 0.646 bits per heavy atom. The van der Waals surface area contributed by atoms with Crippen molar-refractivity contribution < 1.29 is 15.0 Å². The average Bonchev–Trinajstić information content (AvgIpc) is 3.09. The fourth-order valence-electron chi connectivity index (χ4n) is 10.5. The third-order valence-electron chi connectivity index (χ3n) is 12.4. The number of rotatable bonds is 8. The summed E-state index contributed by atoms with van der Waals surface area (Å²) >= 11 is 0. The van der Waals surface area contributed by atoms with E-state index in [-0.39, 0.29) is 0 Å². The van der Waals surface area contributed by atoms with E-state index in [1.165, 1.54) is 134 Å². The van der Waals surface area contributed by atoms with Crippen LogP contribution < -0.4 is 9.80 Å². The summed E-state index contributed by atoms with van der Waals surface area (Å²) in [5.74, 6) is 0. The Morgan fingerprint density at radius 3 is 1.40 bits per heavy atom. The maximum absolute atomic E-state index is 9.24. The Kier molecular flexibility index (Phi) is 12.0. The van der Waals surface area contributed by atoms with Crippen LogP contribution in [0.2, 0.25) is 0 Å². The van der Waals surface area contributed by atoms with E-state index in [0.29, 0.717) is 23.6 Å². The van der Waals surface area contributed by atoms with E-state index in [0.717, 1.165) is 19.5 Å². The van der Waals surface area contributed by atoms with Gasteiger partial charge in [0, 0.05) is 0 Å². The van der Waals surface area contributed by atoms with Gasteiger partial charge in [0.1, 0.15) is 0 Å². The molecule has 2 aromatic carbocycles. The van der Waals surface area contributed by atoms with Gasteiger partial charge < -0.3 is 0 Å². The molecule has 0 unspecified atom stereocenters. The summed E-state index contributed by atoms with van der Waals surface area (Å²) < 4.78 is 8.02. The van der Waals surface area contributed by atoms with Crippen LogP contribution >= 0.6 is 25.0 Å². The SMILES string of the molecule is CCO[CH]=[Ru]([Cl])([Cl])(=[C]1N(c2ccc(C)cc2C)CCCN1c1ccc(C)cc1C)[PH](C1CCCCC1)(C1CCCCC1)C1CCCCC1. The Morgan fingerprint density at radius 2 is 1.04 bits per heavy atom. The molecule has 4 aliphatic rings. The number of ether oxygens (including phenoxy) is 1. The molecule has 0 N–H and O–H groups in total. The van der Waals surface area contributed by atoms with Crippen LogP contribution in [0.3, 0.4) is 0 Å². The van der Waals surface area contributed by atoms with E-state index in [9.17, 15) is 19.4 Å². The van der Waals surface area contributed by atoms with Gasteiger partial charge in [-0.3, -0.25) is 0 Å². The molecule has 0 radical (unpaired) electrons. The summed E-state index contributed by atoms with van der Waals surface area (Å²) in [5, 5.41) is 0. The van der Waals surface area contributed by atoms with E-state index in [2.05, 4.69) is 85.6 Å². The molecule has 1 heterocycles. The second-order valence-corrected chi connectivity index (χ2v) is 43.5. The first-order chi connectivity index (χ1) is 23.1. The summed E-state index contributed by atoms with van der Waals surface area (Å²) in [7, 11) is 13.6. The molecule has 0 amide bonds. The molecular formula is C41H64Cl2N2OPRu. The van der Waals surface area contributed by atoms with Gasteiger partial charge in [-0.1, -0.05) is 0 Å². The van der Waals surface area contributed by atoms with Gasteiger partial charge in [0.2, 0.25) is 0 Å². The zero-order chi connectivity index (χ0) is 34.0. The molecule has 0 atom stereocenters. The van der Waals surface area contributed by atoms with E-state index < -0.39 is 15.8 Å². The number of aryl methyl sites for hydroxylation is 4. The average molecular weight is 804 g/mol. The monoisotopic (exact) mass is 803 g/mol. The van der Waals surface area contributed by atoms with Gasteiger partial charge in [-0.05, 0) is 0 Å². The molecule has 3 nitrogen and oxygen atoms in total. The molecular weight excluding hydrogens is 739 g/mol. The molecule has 4 fully saturated rings. The third-order valence-corrected chi connectivity index (χ3v) is 48.8. The van der Waals surface area contributed by atoms with Gasteiger partial charge in [0.05, 0.1) is 0 Å². The number of anilines is 2. The van der Waals surface area contributed by atoms with Crippen LogP contribution in [0.4, 0.5) is 11.4 Å². The topological polar surface area (TPSA) is 15.7 Å². The first-order valence-corrected chi connectivity index (χ1v) is 30.4. The zero-order valence-corrected chi connectivity index (χ0v) is 34.9. The van der Waals surface area contributed by atoms with Gasteiger partial charge in [-0.25, -0.2) is 0 Å². The predicted octanol–water partition coefficient (Wildman–Crippen LogP) is 12.2. The molecule has 3 saturated carbocycles. The minimum atomic E-state index is -4.85. The number of benzene rings is 2. The van der Waals surface area contributed by atoms with Gasteiger partial charge in [-0.15, -0.1) is 0 Å². The molecule has 7 heteroatoms. The molecule has 0 spiro atoms. The molecule has 0 aromatic heterocycles. The van der Waals surface area contributed by atoms with Crippen molar-refractivity contribution in [3.05, 3.63) is 58.7 Å². The van der Waals surface area contributed by atoms with Crippen molar-refractivity contribution in [3.8, 4) is 0 Å². The second kappa shape index (κ2) is 15.5. The fourth-order valence-corrected chi connectivity index (χ4v) is 56.5. The first-order valence-electron chi connectivity index (χ1n) is 19.4. The standard InChI is InChI=1S/C20H24N2.C18H33P.C3H6O.2ClH.Ru/c1-15-6-8-19(17(3)12-15)21-10-5-11-22(14-21)20-9-7-16(2)13-18(20)4;1-4-10-16(11-5-1)19(17-12-6-2-7-13-17)18-14-8-3-9-15-18;1-3-4-2;;;/h6-9,12-13H,5,10-11H2,1-4H3;16-18H,1-15H2;2H,3H2,1H3;2*1H;/q;;;;;+1/p-1. The summed E-state index contributed by atoms with van der Waals surface area (Å²) in [6, 6.07) is 14.0. The maximum atomic E-state index is 9.24. The van der Waals surface area contributed by atoms with Gasteiger partial charge in [-0.2, -0.15) is 0 Å². The molecule has 6 rings (SSSR count). The van der Waals surface area contributed by atoms with Crippen molar-refractivity contribution in [3.63, 3.8) is 0 Å². The molecule has 2 aromatic rings. The summed E-state index contributed by atoms with van der Waals surface area (Å²) in [6.45, 7) is 13.6. The molecule has 0 bridgehead atoms. The van der Waals surface area contributed by atoms with Crippen molar-refractivity contribution in [2.75, 3.05) is 29.5 Å². The molecule has 271 valence electrons. The van der Waals surface area contributed by atoms with Crippen molar-refractivity contribution in [1.29, 1.82) is 0 Å². The summed E-state index contributed by atoms with van der Waals surface area (Å²) in [5.41, 5.74) is 7.17. The predicted molar refractivity (Wildman–Crippen MR) is 214 cm³/mol. The van der Waals surface area contributed by atoms with Gasteiger partial charge in [0.25, 0.3) is 0 Å². The summed E-state index contributed by atoms with van der Waals surface area (Å²) in [4.78, 5) is 7.57. The second-order valence-electron chi connectivity index (χ2n) is 15.6. The van der Waals surface area contributed by atoms with Crippen LogP contribution in [0.25, 0.3) is 0 Å². The molecule has 3 aliphatic carbocycles. The van der Waals surface area contributed by atoms with E-state index in [4.69, 9.17) is 4.74 Å². The van der Waals surface area contributed by atoms with Crippen LogP contribution in [0.1, 0.15) is 132 Å². The van der Waals surface area contributed by atoms with Gasteiger partial charge in [0.15, 0.2) is 0 Å². The van der Waals surface area contributed by atoms with Crippen molar-refractivity contribution in [2.45, 2.75) is 154 Å². The van der Waals surface area contributed by atoms with Crippen LogP contribution in [0, 0.1) is 27.7 Å².